The fourth-order valence-electron chi connectivity index (χ4n) is 2.96. The molecule has 0 saturated carbocycles. The summed E-state index contributed by atoms with van der Waals surface area (Å²) >= 11 is 0. The molecule has 0 radical (unpaired) electrons. The molecule has 0 saturated heterocycles. The van der Waals surface area contributed by atoms with Gasteiger partial charge in [-0.05, 0) is 18.1 Å². The molecule has 2 heterocycles. The van der Waals surface area contributed by atoms with Gasteiger partial charge in [0.2, 0.25) is 0 Å². The van der Waals surface area contributed by atoms with E-state index in [1.807, 2.05) is 0 Å². The number of nitrogens with zero attached hydrogens (tertiary/aromatic N) is 2. The summed E-state index contributed by atoms with van der Waals surface area (Å²) in [6.07, 6.45) is 3.79. The van der Waals surface area contributed by atoms with Crippen molar-refractivity contribution in [3.8, 4) is 5.75 Å². The van der Waals surface area contributed by atoms with Gasteiger partial charge >= 0.3 is 13.1 Å². The van der Waals surface area contributed by atoms with Gasteiger partial charge < -0.3 is 20.5 Å². The maximum absolute atomic E-state index is 12.3. The lowest BCUT2D eigenvalue weighted by molar-refractivity contribution is -0.120. The van der Waals surface area contributed by atoms with Crippen molar-refractivity contribution < 1.29 is 24.4 Å². The third-order valence-corrected chi connectivity index (χ3v) is 4.20. The molecule has 130 valence electrons. The zero-order chi connectivity index (χ0) is 18.0. The average Bonchev–Trinajstić information content (AvgIpc) is 3.02. The van der Waals surface area contributed by atoms with Gasteiger partial charge in [0.15, 0.2) is 5.78 Å². The SMILES string of the molecule is NCc1cnn(CC(=O)C[C@H]2Cc3cccc(C(=O)O)c3OB2O)c1. The number of ketones is 1. The van der Waals surface area contributed by atoms with Crippen LogP contribution in [0.15, 0.2) is 30.6 Å². The molecule has 1 atom stereocenters. The van der Waals surface area contributed by atoms with Crippen molar-refractivity contribution in [2.75, 3.05) is 0 Å². The highest BCUT2D eigenvalue weighted by atomic mass is 16.5. The monoisotopic (exact) mass is 343 g/mol. The summed E-state index contributed by atoms with van der Waals surface area (Å²) in [4.78, 5) is 23.5. The second-order valence-corrected chi connectivity index (χ2v) is 6.06. The van der Waals surface area contributed by atoms with Crippen molar-refractivity contribution in [1.82, 2.24) is 9.78 Å². The Morgan fingerprint density at radius 3 is 2.92 bits per heavy atom. The molecule has 0 fully saturated rings. The summed E-state index contributed by atoms with van der Waals surface area (Å²) in [5.41, 5.74) is 7.03. The normalized spacial score (nSPS) is 16.2. The van der Waals surface area contributed by atoms with Crippen molar-refractivity contribution in [2.45, 2.75) is 31.7 Å². The number of hydrogen-bond donors (Lipinski definition) is 3. The van der Waals surface area contributed by atoms with Gasteiger partial charge in [0.1, 0.15) is 5.75 Å². The van der Waals surface area contributed by atoms with Crippen LogP contribution in [0.25, 0.3) is 0 Å². The van der Waals surface area contributed by atoms with Gasteiger partial charge in [0, 0.05) is 30.5 Å². The highest BCUT2D eigenvalue weighted by Crippen LogP contribution is 2.36. The number of aromatic carboxylic acids is 1. The molecule has 1 aliphatic heterocycles. The zero-order valence-electron chi connectivity index (χ0n) is 13.5. The molecule has 4 N–H and O–H groups in total. The molecule has 25 heavy (non-hydrogen) atoms. The Balaban J connectivity index is 1.68. The van der Waals surface area contributed by atoms with Gasteiger partial charge in [0.25, 0.3) is 0 Å². The number of benzene rings is 1. The molecule has 0 spiro atoms. The van der Waals surface area contributed by atoms with Gasteiger partial charge in [-0.3, -0.25) is 9.48 Å². The lowest BCUT2D eigenvalue weighted by Crippen LogP contribution is -2.36. The number of carboxylic acid groups (broad SMARTS) is 1. The van der Waals surface area contributed by atoms with Gasteiger partial charge in [-0.2, -0.15) is 5.10 Å². The Morgan fingerprint density at radius 2 is 2.24 bits per heavy atom. The molecule has 0 aliphatic carbocycles. The molecular formula is C16H18BN3O5. The van der Waals surface area contributed by atoms with Crippen LogP contribution in [0.5, 0.6) is 5.75 Å². The summed E-state index contributed by atoms with van der Waals surface area (Å²) in [5.74, 6) is -1.48. The molecule has 1 aromatic heterocycles. The minimum Gasteiger partial charge on any atom is -0.535 e. The van der Waals surface area contributed by atoms with E-state index in [-0.39, 0.29) is 30.1 Å². The van der Waals surface area contributed by atoms with Gasteiger partial charge in [0.05, 0.1) is 18.3 Å². The van der Waals surface area contributed by atoms with Crippen LogP contribution in [-0.2, 0) is 24.3 Å². The van der Waals surface area contributed by atoms with E-state index >= 15 is 0 Å². The van der Waals surface area contributed by atoms with Crippen LogP contribution in [-0.4, -0.2) is 38.8 Å². The van der Waals surface area contributed by atoms with Gasteiger partial charge in [-0.15, -0.1) is 0 Å². The molecule has 2 aromatic rings. The first kappa shape index (κ1) is 17.2. The second kappa shape index (κ2) is 7.08. The largest absolute Gasteiger partial charge is 0.535 e. The van der Waals surface area contributed by atoms with E-state index in [2.05, 4.69) is 5.10 Å². The number of rotatable bonds is 6. The number of carbonyl (C=O) groups excluding carboxylic acids is 1. The number of hydrogen-bond acceptors (Lipinski definition) is 6. The lowest BCUT2D eigenvalue weighted by Gasteiger charge is -2.28. The number of nitrogens with two attached hydrogens (primary N) is 1. The topological polar surface area (TPSA) is 128 Å². The molecule has 0 bridgehead atoms. The maximum atomic E-state index is 12.3. The number of Topliss-reactive ketones (excluding diaryl/α,β-unsaturated/α-hetero) is 1. The van der Waals surface area contributed by atoms with E-state index in [0.29, 0.717) is 18.5 Å². The molecular weight excluding hydrogens is 325 g/mol. The average molecular weight is 343 g/mol. The number of fused-ring (bicyclic) bond motifs is 1. The first-order valence-corrected chi connectivity index (χ1v) is 7.91. The Hall–Kier alpha value is -2.65. The van der Waals surface area contributed by atoms with E-state index in [0.717, 1.165) is 5.56 Å². The summed E-state index contributed by atoms with van der Waals surface area (Å²) in [6.45, 7) is 0.442. The number of para-hydroxylation sites is 1. The van der Waals surface area contributed by atoms with Crippen LogP contribution >= 0.6 is 0 Å². The van der Waals surface area contributed by atoms with Gasteiger partial charge in [-0.25, -0.2) is 4.79 Å². The van der Waals surface area contributed by atoms with E-state index in [4.69, 9.17) is 10.4 Å². The fourth-order valence-corrected chi connectivity index (χ4v) is 2.96. The van der Waals surface area contributed by atoms with Crippen LogP contribution in [0, 0.1) is 0 Å². The summed E-state index contributed by atoms with van der Waals surface area (Å²) in [6, 6.07) is 4.79. The van der Waals surface area contributed by atoms with Crippen molar-refractivity contribution in [2.24, 2.45) is 5.73 Å². The first-order valence-electron chi connectivity index (χ1n) is 7.91. The van der Waals surface area contributed by atoms with Crippen molar-refractivity contribution in [3.63, 3.8) is 0 Å². The quantitative estimate of drug-likeness (QED) is 0.651. The summed E-state index contributed by atoms with van der Waals surface area (Å²) in [7, 11) is -1.23. The summed E-state index contributed by atoms with van der Waals surface area (Å²) < 4.78 is 6.90. The molecule has 0 unspecified atom stereocenters. The van der Waals surface area contributed by atoms with Gasteiger partial charge in [-0.1, -0.05) is 12.1 Å². The fraction of sp³-hybridized carbons (Fsp3) is 0.312. The molecule has 8 nitrogen and oxygen atoms in total. The highest BCUT2D eigenvalue weighted by Gasteiger charge is 2.37. The minimum absolute atomic E-state index is 0.00665. The molecule has 9 heteroatoms. The Morgan fingerprint density at radius 1 is 1.44 bits per heavy atom. The van der Waals surface area contributed by atoms with E-state index in [1.54, 1.807) is 24.5 Å². The number of carbonyl (C=O) groups is 2. The Bertz CT molecular complexity index is 807. The van der Waals surface area contributed by atoms with E-state index < -0.39 is 18.9 Å². The Labute approximate surface area is 144 Å². The molecule has 0 amide bonds. The second-order valence-electron chi connectivity index (χ2n) is 6.06. The Kier molecular flexibility index (Phi) is 4.87. The predicted octanol–water partition coefficient (Wildman–Crippen LogP) is 0.485. The minimum atomic E-state index is -1.23. The lowest BCUT2D eigenvalue weighted by atomic mass is 9.64. The summed E-state index contributed by atoms with van der Waals surface area (Å²) in [5, 5.41) is 23.4. The highest BCUT2D eigenvalue weighted by molar-refractivity contribution is 6.47. The van der Waals surface area contributed by atoms with Crippen molar-refractivity contribution >= 4 is 18.9 Å². The third kappa shape index (κ3) is 3.72. The van der Waals surface area contributed by atoms with Crippen molar-refractivity contribution in [1.29, 1.82) is 0 Å². The van der Waals surface area contributed by atoms with E-state index in [9.17, 15) is 19.7 Å². The number of carboxylic acids is 1. The number of aromatic nitrogens is 2. The maximum Gasteiger partial charge on any atom is 0.526 e. The molecule has 1 aromatic carbocycles. The van der Waals surface area contributed by atoms with E-state index in [1.165, 1.54) is 10.7 Å². The van der Waals surface area contributed by atoms with Crippen LogP contribution in [0.3, 0.4) is 0 Å². The standard InChI is InChI=1S/C16H18BN3O5/c18-6-10-7-19-20(8-10)9-13(21)5-12-4-11-2-1-3-14(16(22)23)15(11)25-17(12)24/h1-3,7-8,12,24H,4-6,9,18H2,(H,22,23)/t12-/m1/s1. The zero-order valence-corrected chi connectivity index (χ0v) is 13.5. The van der Waals surface area contributed by atoms with Crippen molar-refractivity contribution in [3.05, 3.63) is 47.3 Å². The smallest absolute Gasteiger partial charge is 0.526 e. The molecule has 1 aliphatic rings. The van der Waals surface area contributed by atoms with Crippen LogP contribution in [0.2, 0.25) is 5.82 Å². The van der Waals surface area contributed by atoms with Crippen LogP contribution < -0.4 is 10.4 Å². The molecule has 3 rings (SSSR count). The van der Waals surface area contributed by atoms with Crippen LogP contribution in [0.1, 0.15) is 27.9 Å². The first-order chi connectivity index (χ1) is 12.0. The predicted molar refractivity (Wildman–Crippen MR) is 89.2 cm³/mol. The third-order valence-electron chi connectivity index (χ3n) is 4.20. The van der Waals surface area contributed by atoms with Crippen LogP contribution in [0.4, 0.5) is 0 Å².